The smallest absolute Gasteiger partial charge is 0.406 e. The van der Waals surface area contributed by atoms with E-state index in [0.29, 0.717) is 5.58 Å². The van der Waals surface area contributed by atoms with Gasteiger partial charge in [0, 0.05) is 0 Å². The van der Waals surface area contributed by atoms with E-state index in [-0.39, 0.29) is 11.8 Å². The molecule has 0 radical (unpaired) electrons. The molecule has 0 amide bonds. The van der Waals surface area contributed by atoms with Gasteiger partial charge in [0.25, 0.3) is 0 Å². The Hall–Kier alpha value is -2.49. The Labute approximate surface area is 115 Å². The molecule has 1 aliphatic heterocycles. The fraction of sp³-hybridized carbons (Fsp3) is 0.188. The molecule has 2 heterocycles. The molecule has 4 nitrogen and oxygen atoms in total. The Kier molecular flexibility index (Phi) is 2.27. The molecular weight excluding hydrogens is 252 g/mol. The molecule has 0 aliphatic carbocycles. The molecule has 4 rings (SSSR count). The van der Waals surface area contributed by atoms with Crippen LogP contribution in [-0.2, 0) is 0 Å². The molecule has 2 aromatic carbocycles. The molecule has 1 aliphatic rings. The summed E-state index contributed by atoms with van der Waals surface area (Å²) in [7, 11) is 0. The number of rotatable bonds is 2. The Morgan fingerprint density at radius 2 is 1.85 bits per heavy atom. The predicted octanol–water partition coefficient (Wildman–Crippen LogP) is 2.60. The van der Waals surface area contributed by atoms with E-state index in [4.69, 9.17) is 4.42 Å². The summed E-state index contributed by atoms with van der Waals surface area (Å²) in [4.78, 5) is 12.0. The van der Waals surface area contributed by atoms with Crippen LogP contribution < -0.4 is 10.8 Å². The molecule has 100 valence electrons. The van der Waals surface area contributed by atoms with E-state index in [2.05, 4.69) is 31.2 Å². The van der Waals surface area contributed by atoms with Gasteiger partial charge >= 0.3 is 5.76 Å². The molecule has 0 bridgehead atoms. The second kappa shape index (κ2) is 4.00. The second-order valence-electron chi connectivity index (χ2n) is 5.20. The molecular formula is C16H14N2O2. The van der Waals surface area contributed by atoms with Gasteiger partial charge in [0.2, 0.25) is 0 Å². The highest BCUT2D eigenvalue weighted by molar-refractivity contribution is 5.73. The average Bonchev–Trinajstić information content (AvgIpc) is 3.15. The summed E-state index contributed by atoms with van der Waals surface area (Å²) in [5.74, 6) is -0.319. The van der Waals surface area contributed by atoms with Gasteiger partial charge in [-0.2, -0.15) is 4.68 Å². The molecule has 4 heteroatoms. The monoisotopic (exact) mass is 266 g/mol. The maximum atomic E-state index is 12.0. The molecule has 0 saturated carbocycles. The van der Waals surface area contributed by atoms with Crippen LogP contribution in [0.1, 0.15) is 17.2 Å². The van der Waals surface area contributed by atoms with Crippen molar-refractivity contribution >= 4 is 11.1 Å². The van der Waals surface area contributed by atoms with Crippen molar-refractivity contribution in [1.29, 1.82) is 0 Å². The van der Waals surface area contributed by atoms with Gasteiger partial charge in [0.15, 0.2) is 5.58 Å². The van der Waals surface area contributed by atoms with Crippen LogP contribution in [0.4, 0.5) is 0 Å². The van der Waals surface area contributed by atoms with Crippen molar-refractivity contribution in [3.8, 4) is 0 Å². The lowest BCUT2D eigenvalue weighted by molar-refractivity contribution is 0.519. The van der Waals surface area contributed by atoms with Crippen LogP contribution in [0, 0.1) is 6.92 Å². The van der Waals surface area contributed by atoms with Gasteiger partial charge in [-0.3, -0.25) is 5.01 Å². The third-order valence-corrected chi connectivity index (χ3v) is 3.77. The number of nitrogens with zero attached hydrogens (tertiary/aromatic N) is 2. The zero-order valence-corrected chi connectivity index (χ0v) is 11.1. The number of para-hydroxylation sites is 2. The summed E-state index contributed by atoms with van der Waals surface area (Å²) < 4.78 is 6.91. The van der Waals surface area contributed by atoms with E-state index in [1.165, 1.54) is 11.1 Å². The number of aromatic nitrogens is 1. The maximum absolute atomic E-state index is 12.0. The van der Waals surface area contributed by atoms with Gasteiger partial charge in [-0.15, -0.1) is 0 Å². The van der Waals surface area contributed by atoms with Crippen LogP contribution in [0.5, 0.6) is 0 Å². The van der Waals surface area contributed by atoms with E-state index in [1.54, 1.807) is 4.68 Å². The first-order valence-corrected chi connectivity index (χ1v) is 6.68. The third-order valence-electron chi connectivity index (χ3n) is 3.77. The molecule has 1 saturated heterocycles. The topological polar surface area (TPSA) is 38.1 Å². The largest absolute Gasteiger partial charge is 0.438 e. The summed E-state index contributed by atoms with van der Waals surface area (Å²) >= 11 is 0. The van der Waals surface area contributed by atoms with Crippen LogP contribution in [0.15, 0.2) is 57.7 Å². The molecule has 1 unspecified atom stereocenters. The number of hydrogen-bond donors (Lipinski definition) is 0. The van der Waals surface area contributed by atoms with Crippen molar-refractivity contribution < 1.29 is 4.42 Å². The predicted molar refractivity (Wildman–Crippen MR) is 77.5 cm³/mol. The van der Waals surface area contributed by atoms with E-state index >= 15 is 0 Å². The second-order valence-corrected chi connectivity index (χ2v) is 5.20. The van der Waals surface area contributed by atoms with Crippen LogP contribution in [0.25, 0.3) is 11.1 Å². The molecule has 1 aromatic heterocycles. The lowest BCUT2D eigenvalue weighted by Gasteiger charge is -2.06. The number of fused-ring (bicyclic) bond motifs is 1. The summed E-state index contributed by atoms with van der Waals surface area (Å²) in [6.07, 6.45) is 0. The lowest BCUT2D eigenvalue weighted by atomic mass is 10.1. The van der Waals surface area contributed by atoms with Crippen molar-refractivity contribution in [3.63, 3.8) is 0 Å². The van der Waals surface area contributed by atoms with Gasteiger partial charge in [-0.1, -0.05) is 42.0 Å². The first kappa shape index (κ1) is 11.3. The highest BCUT2D eigenvalue weighted by Crippen LogP contribution is 2.33. The van der Waals surface area contributed by atoms with Gasteiger partial charge in [0.1, 0.15) is 5.52 Å². The van der Waals surface area contributed by atoms with Crippen molar-refractivity contribution in [2.24, 2.45) is 0 Å². The summed E-state index contributed by atoms with van der Waals surface area (Å²) in [5, 5.41) is 2.03. The zero-order valence-electron chi connectivity index (χ0n) is 11.1. The van der Waals surface area contributed by atoms with Gasteiger partial charge < -0.3 is 4.42 Å². The quantitative estimate of drug-likeness (QED) is 0.669. The summed E-state index contributed by atoms with van der Waals surface area (Å²) in [6.45, 7) is 2.91. The van der Waals surface area contributed by atoms with Crippen LogP contribution in [-0.4, -0.2) is 11.2 Å². The Morgan fingerprint density at radius 3 is 2.65 bits per heavy atom. The van der Waals surface area contributed by atoms with Crippen LogP contribution >= 0.6 is 0 Å². The Morgan fingerprint density at radius 1 is 1.10 bits per heavy atom. The first-order valence-electron chi connectivity index (χ1n) is 6.68. The molecule has 1 fully saturated rings. The minimum atomic E-state index is -0.319. The summed E-state index contributed by atoms with van der Waals surface area (Å²) in [5.41, 5.74) is 3.93. The number of oxazole rings is 1. The van der Waals surface area contributed by atoms with Crippen LogP contribution in [0.2, 0.25) is 0 Å². The van der Waals surface area contributed by atoms with Gasteiger partial charge in [-0.05, 0) is 24.6 Å². The molecule has 20 heavy (non-hydrogen) atoms. The summed E-state index contributed by atoms with van der Waals surface area (Å²) in [6, 6.07) is 16.2. The molecule has 1 atom stereocenters. The fourth-order valence-electron chi connectivity index (χ4n) is 2.61. The standard InChI is InChI=1S/C16H14N2O2/c1-11-6-8-12(9-7-11)14-10-17(14)18-13-4-2-3-5-15(13)20-16(18)19/h2-9,14H,10H2,1H3. The minimum absolute atomic E-state index is 0.259. The third kappa shape index (κ3) is 1.65. The number of hydrogen-bond acceptors (Lipinski definition) is 3. The highest BCUT2D eigenvalue weighted by Gasteiger charge is 2.38. The van der Waals surface area contributed by atoms with Crippen molar-refractivity contribution in [2.75, 3.05) is 11.6 Å². The first-order chi connectivity index (χ1) is 9.74. The average molecular weight is 266 g/mol. The van der Waals surface area contributed by atoms with Gasteiger partial charge in [0.05, 0.1) is 12.6 Å². The Bertz CT molecular complexity index is 830. The van der Waals surface area contributed by atoms with Gasteiger partial charge in [-0.25, -0.2) is 4.79 Å². The lowest BCUT2D eigenvalue weighted by Crippen LogP contribution is -2.24. The van der Waals surface area contributed by atoms with E-state index in [1.807, 2.05) is 29.3 Å². The highest BCUT2D eigenvalue weighted by atomic mass is 16.4. The molecule has 0 N–H and O–H groups in total. The van der Waals surface area contributed by atoms with Crippen molar-refractivity contribution in [1.82, 2.24) is 4.68 Å². The number of benzene rings is 2. The van der Waals surface area contributed by atoms with E-state index < -0.39 is 0 Å². The molecule has 0 spiro atoms. The van der Waals surface area contributed by atoms with E-state index in [9.17, 15) is 4.79 Å². The number of aryl methyl sites for hydroxylation is 1. The van der Waals surface area contributed by atoms with Crippen molar-refractivity contribution in [2.45, 2.75) is 13.0 Å². The minimum Gasteiger partial charge on any atom is -0.406 e. The Balaban J connectivity index is 1.74. The van der Waals surface area contributed by atoms with Crippen LogP contribution in [0.3, 0.4) is 0 Å². The maximum Gasteiger partial charge on any atom is 0.438 e. The normalized spacial score (nSPS) is 17.6. The molecule has 3 aromatic rings. The van der Waals surface area contributed by atoms with E-state index in [0.717, 1.165) is 12.1 Å². The SMILES string of the molecule is Cc1ccc(C2CN2n2c(=O)oc3ccccc32)cc1. The van der Waals surface area contributed by atoms with Crippen molar-refractivity contribution in [3.05, 3.63) is 70.2 Å². The zero-order chi connectivity index (χ0) is 13.7. The fourth-order valence-corrected chi connectivity index (χ4v) is 2.61.